The van der Waals surface area contributed by atoms with Crippen LogP contribution in [0.1, 0.15) is 10.5 Å². The zero-order valence-corrected chi connectivity index (χ0v) is 12.2. The molecule has 0 spiro atoms. The van der Waals surface area contributed by atoms with Gasteiger partial charge in [0.25, 0.3) is 5.56 Å². The van der Waals surface area contributed by atoms with Gasteiger partial charge in [0.15, 0.2) is 5.69 Å². The van der Waals surface area contributed by atoms with E-state index in [0.717, 1.165) is 4.68 Å². The Balaban J connectivity index is 2.20. The fourth-order valence-corrected chi connectivity index (χ4v) is 2.77. The van der Waals surface area contributed by atoms with Gasteiger partial charge in [0, 0.05) is 16.3 Å². The van der Waals surface area contributed by atoms with Crippen LogP contribution in [0.5, 0.6) is 0 Å². The fraction of sp³-hybridized carbons (Fsp3) is 0. The van der Waals surface area contributed by atoms with E-state index in [1.807, 2.05) is 0 Å². The zero-order chi connectivity index (χ0) is 16.8. The molecule has 0 aliphatic carbocycles. The van der Waals surface area contributed by atoms with Crippen molar-refractivity contribution in [3.05, 3.63) is 70.4 Å². The molecule has 0 unspecified atom stereocenters. The number of aromatic amines is 1. The highest BCUT2D eigenvalue weighted by Gasteiger charge is 2.21. The van der Waals surface area contributed by atoms with Crippen molar-refractivity contribution in [2.75, 3.05) is 0 Å². The maximum Gasteiger partial charge on any atom is 0.357 e. The summed E-state index contributed by atoms with van der Waals surface area (Å²) in [5.41, 5.74) is 0.172. The van der Waals surface area contributed by atoms with E-state index in [0.29, 0.717) is 16.6 Å². The summed E-state index contributed by atoms with van der Waals surface area (Å²) < 4.78 is 14.6. The number of fused-ring (bicyclic) bond motifs is 3. The van der Waals surface area contributed by atoms with E-state index in [4.69, 9.17) is 0 Å². The molecule has 0 aliphatic heterocycles. The molecule has 0 amide bonds. The standard InChI is InChI=1S/C17H10FN3O3/c18-9-6-7-12-11(8-9)13-14(19-12)16(22)21(20-15(13)17(23)24)10-4-2-1-3-5-10/h1-8,19H,(H,23,24). The monoisotopic (exact) mass is 323 g/mol. The molecule has 4 aromatic rings. The molecule has 0 aliphatic rings. The smallest absolute Gasteiger partial charge is 0.357 e. The second kappa shape index (κ2) is 5.02. The van der Waals surface area contributed by atoms with Crippen molar-refractivity contribution in [3.63, 3.8) is 0 Å². The van der Waals surface area contributed by atoms with Gasteiger partial charge in [-0.15, -0.1) is 0 Å². The van der Waals surface area contributed by atoms with Gasteiger partial charge in [-0.3, -0.25) is 4.79 Å². The second-order valence-electron chi connectivity index (χ2n) is 5.27. The first-order valence-electron chi connectivity index (χ1n) is 7.09. The SMILES string of the molecule is O=C(O)c1nn(-c2ccccc2)c(=O)c2[nH]c3ccc(F)cc3c12. The largest absolute Gasteiger partial charge is 0.476 e. The van der Waals surface area contributed by atoms with Crippen LogP contribution >= 0.6 is 0 Å². The summed E-state index contributed by atoms with van der Waals surface area (Å²) in [6.45, 7) is 0. The average molecular weight is 323 g/mol. The van der Waals surface area contributed by atoms with Crippen LogP contribution in [0.4, 0.5) is 4.39 Å². The van der Waals surface area contributed by atoms with Crippen LogP contribution in [0, 0.1) is 5.82 Å². The van der Waals surface area contributed by atoms with Crippen LogP contribution in [0.15, 0.2) is 53.3 Å². The predicted molar refractivity (Wildman–Crippen MR) is 86.1 cm³/mol. The highest BCUT2D eigenvalue weighted by atomic mass is 19.1. The number of aromatic nitrogens is 3. The molecule has 2 heterocycles. The molecule has 2 N–H and O–H groups in total. The van der Waals surface area contributed by atoms with Crippen molar-refractivity contribution in [2.45, 2.75) is 0 Å². The van der Waals surface area contributed by atoms with Gasteiger partial charge in [-0.1, -0.05) is 18.2 Å². The molecule has 2 aromatic heterocycles. The number of carbonyl (C=O) groups is 1. The highest BCUT2D eigenvalue weighted by molar-refractivity contribution is 6.14. The minimum absolute atomic E-state index is 0.0758. The molecule has 4 rings (SSSR count). The Bertz CT molecular complexity index is 1160. The third-order valence-electron chi connectivity index (χ3n) is 3.81. The molecule has 0 radical (unpaired) electrons. The summed E-state index contributed by atoms with van der Waals surface area (Å²) in [5, 5.41) is 13.9. The Morgan fingerprint density at radius 2 is 1.92 bits per heavy atom. The normalized spacial score (nSPS) is 11.2. The first-order chi connectivity index (χ1) is 11.6. The summed E-state index contributed by atoms with van der Waals surface area (Å²) in [5.74, 6) is -1.82. The van der Waals surface area contributed by atoms with E-state index in [-0.39, 0.29) is 16.6 Å². The lowest BCUT2D eigenvalue weighted by Gasteiger charge is -2.06. The molecule has 0 fully saturated rings. The number of H-pyrrole nitrogens is 1. The molecule has 2 aromatic carbocycles. The molecule has 0 bridgehead atoms. The first-order valence-corrected chi connectivity index (χ1v) is 7.09. The number of rotatable bonds is 2. The van der Waals surface area contributed by atoms with Crippen LogP contribution in [0.2, 0.25) is 0 Å². The fourth-order valence-electron chi connectivity index (χ4n) is 2.77. The van der Waals surface area contributed by atoms with Crippen molar-refractivity contribution in [3.8, 4) is 5.69 Å². The van der Waals surface area contributed by atoms with E-state index in [1.54, 1.807) is 30.3 Å². The van der Waals surface area contributed by atoms with Gasteiger partial charge < -0.3 is 10.1 Å². The van der Waals surface area contributed by atoms with Crippen molar-refractivity contribution < 1.29 is 14.3 Å². The maximum atomic E-state index is 13.6. The number of halogens is 1. The van der Waals surface area contributed by atoms with Gasteiger partial charge in [0.2, 0.25) is 0 Å². The summed E-state index contributed by atoms with van der Waals surface area (Å²) in [6.07, 6.45) is 0. The third kappa shape index (κ3) is 1.98. The van der Waals surface area contributed by atoms with Gasteiger partial charge in [-0.25, -0.2) is 9.18 Å². The number of nitrogens with zero attached hydrogens (tertiary/aromatic N) is 2. The average Bonchev–Trinajstić information content (AvgIpc) is 2.95. The summed E-state index contributed by atoms with van der Waals surface area (Å²) in [4.78, 5) is 27.3. The Morgan fingerprint density at radius 1 is 1.17 bits per heavy atom. The van der Waals surface area contributed by atoms with Crippen LogP contribution in [0.3, 0.4) is 0 Å². The molecule has 7 heteroatoms. The lowest BCUT2D eigenvalue weighted by atomic mass is 10.1. The summed E-state index contributed by atoms with van der Waals surface area (Å²) in [6, 6.07) is 12.4. The predicted octanol–water partition coefficient (Wildman–Crippen LogP) is 2.70. The van der Waals surface area contributed by atoms with E-state index in [1.165, 1.54) is 18.2 Å². The number of aromatic carboxylic acids is 1. The van der Waals surface area contributed by atoms with Gasteiger partial charge in [0.05, 0.1) is 5.69 Å². The number of benzene rings is 2. The van der Waals surface area contributed by atoms with Gasteiger partial charge in [-0.2, -0.15) is 9.78 Å². The Kier molecular flexibility index (Phi) is 2.96. The maximum absolute atomic E-state index is 13.6. The second-order valence-corrected chi connectivity index (χ2v) is 5.27. The van der Waals surface area contributed by atoms with Crippen LogP contribution in [-0.4, -0.2) is 25.8 Å². The van der Waals surface area contributed by atoms with Gasteiger partial charge >= 0.3 is 5.97 Å². The zero-order valence-electron chi connectivity index (χ0n) is 12.2. The number of carboxylic acids is 1. The lowest BCUT2D eigenvalue weighted by Crippen LogP contribution is -2.24. The Hall–Kier alpha value is -3.48. The summed E-state index contributed by atoms with van der Waals surface area (Å²) >= 11 is 0. The number of hydrogen-bond acceptors (Lipinski definition) is 3. The van der Waals surface area contributed by atoms with E-state index in [2.05, 4.69) is 10.1 Å². The molecule has 24 heavy (non-hydrogen) atoms. The molecule has 0 saturated heterocycles. The Morgan fingerprint density at radius 3 is 2.62 bits per heavy atom. The van der Waals surface area contributed by atoms with Crippen LogP contribution in [0.25, 0.3) is 27.5 Å². The van der Waals surface area contributed by atoms with E-state index in [9.17, 15) is 19.1 Å². The van der Waals surface area contributed by atoms with Gasteiger partial charge in [-0.05, 0) is 30.3 Å². The molecule has 6 nitrogen and oxygen atoms in total. The van der Waals surface area contributed by atoms with Crippen LogP contribution in [-0.2, 0) is 0 Å². The topological polar surface area (TPSA) is 88.0 Å². The first kappa shape index (κ1) is 14.1. The quantitative estimate of drug-likeness (QED) is 0.594. The van der Waals surface area contributed by atoms with E-state index < -0.39 is 17.3 Å². The minimum Gasteiger partial charge on any atom is -0.476 e. The van der Waals surface area contributed by atoms with Crippen molar-refractivity contribution in [1.29, 1.82) is 0 Å². The number of para-hydroxylation sites is 1. The van der Waals surface area contributed by atoms with Crippen LogP contribution < -0.4 is 5.56 Å². The number of hydrogen-bond donors (Lipinski definition) is 2. The van der Waals surface area contributed by atoms with E-state index >= 15 is 0 Å². The molecule has 0 saturated carbocycles. The van der Waals surface area contributed by atoms with Crippen molar-refractivity contribution in [1.82, 2.24) is 14.8 Å². The highest BCUT2D eigenvalue weighted by Crippen LogP contribution is 2.26. The molecule has 0 atom stereocenters. The lowest BCUT2D eigenvalue weighted by molar-refractivity contribution is 0.0691. The number of nitrogens with one attached hydrogen (secondary N) is 1. The van der Waals surface area contributed by atoms with Crippen molar-refractivity contribution >= 4 is 27.8 Å². The summed E-state index contributed by atoms with van der Waals surface area (Å²) in [7, 11) is 0. The third-order valence-corrected chi connectivity index (χ3v) is 3.81. The van der Waals surface area contributed by atoms with Gasteiger partial charge in [0.1, 0.15) is 11.3 Å². The molecular weight excluding hydrogens is 313 g/mol. The number of carboxylic acid groups (broad SMARTS) is 1. The molecular formula is C17H10FN3O3. The Labute approximate surface area is 133 Å². The minimum atomic E-state index is -1.30. The van der Waals surface area contributed by atoms with Crippen molar-refractivity contribution in [2.24, 2.45) is 0 Å². The molecule has 118 valence electrons.